The molecule has 13 heavy (non-hydrogen) atoms. The first-order valence-corrected chi connectivity index (χ1v) is 4.67. The summed E-state index contributed by atoms with van der Waals surface area (Å²) in [6.07, 6.45) is 2.28. The first kappa shape index (κ1) is 10.1. The number of carbonyl (C=O) groups is 1. The Balaban J connectivity index is 2.45. The van der Waals surface area contributed by atoms with Gasteiger partial charge in [-0.25, -0.2) is 0 Å². The molecule has 0 aromatic carbocycles. The Bertz CT molecular complexity index is 283. The Labute approximate surface area is 82.1 Å². The smallest absolute Gasteiger partial charge is 0.287 e. The van der Waals surface area contributed by atoms with Gasteiger partial charge in [0.05, 0.1) is 6.26 Å². The lowest BCUT2D eigenvalue weighted by atomic mass is 10.2. The summed E-state index contributed by atoms with van der Waals surface area (Å²) < 4.78 is 5.01. The van der Waals surface area contributed by atoms with E-state index in [2.05, 4.69) is 5.32 Å². The van der Waals surface area contributed by atoms with E-state index in [1.54, 1.807) is 6.07 Å². The maximum atomic E-state index is 11.4. The highest BCUT2D eigenvalue weighted by Gasteiger charge is 2.10. The van der Waals surface area contributed by atoms with Crippen LogP contribution in [0.25, 0.3) is 0 Å². The third-order valence-electron chi connectivity index (χ3n) is 1.66. The minimum Gasteiger partial charge on any atom is -0.459 e. The molecule has 4 heteroatoms. The van der Waals surface area contributed by atoms with Crippen molar-refractivity contribution in [3.63, 3.8) is 0 Å². The molecule has 72 valence electrons. The minimum atomic E-state index is -0.174. The van der Waals surface area contributed by atoms with Crippen LogP contribution >= 0.6 is 11.6 Å². The van der Waals surface area contributed by atoms with Crippen molar-refractivity contribution in [1.82, 2.24) is 5.32 Å². The molecule has 1 aromatic rings. The van der Waals surface area contributed by atoms with Crippen LogP contribution in [-0.2, 0) is 0 Å². The highest BCUT2D eigenvalue weighted by molar-refractivity contribution is 6.17. The second kappa shape index (κ2) is 4.92. The molecular weight excluding hydrogens is 190 g/mol. The van der Waals surface area contributed by atoms with Crippen LogP contribution in [0.2, 0.25) is 0 Å². The quantitative estimate of drug-likeness (QED) is 0.598. The van der Waals surface area contributed by atoms with Gasteiger partial charge >= 0.3 is 0 Å². The Morgan fingerprint density at radius 1 is 1.69 bits per heavy atom. The molecule has 1 amide bonds. The van der Waals surface area contributed by atoms with Gasteiger partial charge in [-0.05, 0) is 19.4 Å². The number of halogens is 1. The number of rotatable bonds is 4. The van der Waals surface area contributed by atoms with Crippen LogP contribution in [0.3, 0.4) is 0 Å². The predicted octanol–water partition coefficient (Wildman–Crippen LogP) is 1.95. The molecule has 0 saturated heterocycles. The summed E-state index contributed by atoms with van der Waals surface area (Å²) in [5.41, 5.74) is 0.850. The molecule has 0 aliphatic rings. The zero-order valence-corrected chi connectivity index (χ0v) is 8.23. The van der Waals surface area contributed by atoms with Crippen molar-refractivity contribution >= 4 is 17.5 Å². The second-order valence-corrected chi connectivity index (χ2v) is 3.11. The van der Waals surface area contributed by atoms with Crippen LogP contribution in [0.15, 0.2) is 16.7 Å². The number of hydrogen-bond acceptors (Lipinski definition) is 2. The fourth-order valence-corrected chi connectivity index (χ4v) is 1.09. The van der Waals surface area contributed by atoms with Crippen LogP contribution < -0.4 is 5.32 Å². The van der Waals surface area contributed by atoms with E-state index in [1.165, 1.54) is 6.26 Å². The van der Waals surface area contributed by atoms with Crippen LogP contribution in [0.1, 0.15) is 22.5 Å². The Morgan fingerprint density at radius 2 is 2.46 bits per heavy atom. The monoisotopic (exact) mass is 201 g/mol. The highest BCUT2D eigenvalue weighted by atomic mass is 35.5. The minimum absolute atomic E-state index is 0.174. The number of furan rings is 1. The molecule has 0 atom stereocenters. The van der Waals surface area contributed by atoms with Crippen LogP contribution in [0.4, 0.5) is 0 Å². The molecule has 0 saturated carbocycles. The van der Waals surface area contributed by atoms with Crippen LogP contribution in [0.5, 0.6) is 0 Å². The molecule has 0 aliphatic heterocycles. The maximum absolute atomic E-state index is 11.4. The zero-order valence-electron chi connectivity index (χ0n) is 7.47. The number of amides is 1. The normalized spacial score (nSPS) is 10.0. The van der Waals surface area contributed by atoms with Crippen molar-refractivity contribution in [3.05, 3.63) is 23.7 Å². The zero-order chi connectivity index (χ0) is 9.68. The summed E-state index contributed by atoms with van der Waals surface area (Å²) >= 11 is 5.47. The van der Waals surface area contributed by atoms with E-state index in [-0.39, 0.29) is 5.91 Å². The number of nitrogens with one attached hydrogen (secondary N) is 1. The topological polar surface area (TPSA) is 42.2 Å². The van der Waals surface area contributed by atoms with Gasteiger partial charge in [-0.15, -0.1) is 11.6 Å². The molecule has 0 bridgehead atoms. The number of aryl methyl sites for hydroxylation is 1. The van der Waals surface area contributed by atoms with Crippen molar-refractivity contribution in [2.24, 2.45) is 0 Å². The molecule has 0 unspecified atom stereocenters. The molecule has 0 radical (unpaired) electrons. The molecule has 1 aromatic heterocycles. The molecule has 1 heterocycles. The Morgan fingerprint density at radius 3 is 3.00 bits per heavy atom. The molecular formula is C9H12ClNO2. The molecule has 0 fully saturated rings. The van der Waals surface area contributed by atoms with Crippen molar-refractivity contribution in [3.8, 4) is 0 Å². The largest absolute Gasteiger partial charge is 0.459 e. The van der Waals surface area contributed by atoms with Crippen molar-refractivity contribution < 1.29 is 9.21 Å². The first-order chi connectivity index (χ1) is 6.25. The van der Waals surface area contributed by atoms with E-state index in [1.807, 2.05) is 6.92 Å². The van der Waals surface area contributed by atoms with Crippen LogP contribution in [-0.4, -0.2) is 18.3 Å². The SMILES string of the molecule is Cc1ccoc1C(=O)NCCCCl. The lowest BCUT2D eigenvalue weighted by Crippen LogP contribution is -2.24. The molecule has 0 spiro atoms. The van der Waals surface area contributed by atoms with Gasteiger partial charge in [0.15, 0.2) is 5.76 Å². The van der Waals surface area contributed by atoms with Gasteiger partial charge in [-0.3, -0.25) is 4.79 Å². The highest BCUT2D eigenvalue weighted by Crippen LogP contribution is 2.07. The van der Waals surface area contributed by atoms with E-state index in [0.717, 1.165) is 12.0 Å². The lowest BCUT2D eigenvalue weighted by molar-refractivity contribution is 0.0925. The van der Waals surface area contributed by atoms with E-state index >= 15 is 0 Å². The average molecular weight is 202 g/mol. The third kappa shape index (κ3) is 2.77. The van der Waals surface area contributed by atoms with Gasteiger partial charge in [0.1, 0.15) is 0 Å². The Kier molecular flexibility index (Phi) is 3.83. The molecule has 1 rings (SSSR count). The Hall–Kier alpha value is -0.960. The van der Waals surface area contributed by atoms with Crippen molar-refractivity contribution in [2.75, 3.05) is 12.4 Å². The third-order valence-corrected chi connectivity index (χ3v) is 1.93. The van der Waals surface area contributed by atoms with Gasteiger partial charge in [0.2, 0.25) is 0 Å². The fraction of sp³-hybridized carbons (Fsp3) is 0.444. The average Bonchev–Trinajstić information content (AvgIpc) is 2.52. The van der Waals surface area contributed by atoms with E-state index < -0.39 is 0 Å². The van der Waals surface area contributed by atoms with Crippen LogP contribution in [0, 0.1) is 6.92 Å². The molecule has 1 N–H and O–H groups in total. The number of carbonyl (C=O) groups excluding carboxylic acids is 1. The number of hydrogen-bond donors (Lipinski definition) is 1. The molecule has 3 nitrogen and oxygen atoms in total. The van der Waals surface area contributed by atoms with Gasteiger partial charge in [0.25, 0.3) is 5.91 Å². The van der Waals surface area contributed by atoms with E-state index in [0.29, 0.717) is 18.2 Å². The summed E-state index contributed by atoms with van der Waals surface area (Å²) in [4.78, 5) is 11.4. The van der Waals surface area contributed by atoms with Crippen molar-refractivity contribution in [2.45, 2.75) is 13.3 Å². The van der Waals surface area contributed by atoms with Gasteiger partial charge in [-0.2, -0.15) is 0 Å². The lowest BCUT2D eigenvalue weighted by Gasteiger charge is -2.01. The second-order valence-electron chi connectivity index (χ2n) is 2.73. The van der Waals surface area contributed by atoms with Crippen molar-refractivity contribution in [1.29, 1.82) is 0 Å². The summed E-state index contributed by atoms with van der Waals surface area (Å²) in [5.74, 6) is 0.763. The maximum Gasteiger partial charge on any atom is 0.287 e. The summed E-state index contributed by atoms with van der Waals surface area (Å²) in [6.45, 7) is 2.42. The fourth-order valence-electron chi connectivity index (χ4n) is 0.954. The summed E-state index contributed by atoms with van der Waals surface area (Å²) in [7, 11) is 0. The van der Waals surface area contributed by atoms with E-state index in [9.17, 15) is 4.79 Å². The first-order valence-electron chi connectivity index (χ1n) is 4.14. The van der Waals surface area contributed by atoms with E-state index in [4.69, 9.17) is 16.0 Å². The summed E-state index contributed by atoms with van der Waals surface area (Å²) in [6, 6.07) is 1.76. The van der Waals surface area contributed by atoms with Gasteiger partial charge in [0, 0.05) is 18.0 Å². The van der Waals surface area contributed by atoms with Gasteiger partial charge < -0.3 is 9.73 Å². The predicted molar refractivity (Wildman–Crippen MR) is 51.1 cm³/mol. The molecule has 0 aliphatic carbocycles. The summed E-state index contributed by atoms with van der Waals surface area (Å²) in [5, 5.41) is 2.71. The van der Waals surface area contributed by atoms with Gasteiger partial charge in [-0.1, -0.05) is 0 Å². The standard InChI is InChI=1S/C9H12ClNO2/c1-7-3-6-13-8(7)9(12)11-5-2-4-10/h3,6H,2,4-5H2,1H3,(H,11,12). The number of alkyl halides is 1.